The lowest BCUT2D eigenvalue weighted by Crippen LogP contribution is -1.98. The van der Waals surface area contributed by atoms with Crippen LogP contribution in [0.5, 0.6) is 5.75 Å². The summed E-state index contributed by atoms with van der Waals surface area (Å²) in [5.74, 6) is 0.875. The predicted molar refractivity (Wildman–Crippen MR) is 93.6 cm³/mol. The van der Waals surface area contributed by atoms with Crippen LogP contribution < -0.4 is 10.5 Å². The molecule has 0 fully saturated rings. The molecule has 0 atom stereocenters. The molecule has 112 valence electrons. The average Bonchev–Trinajstić information content (AvgIpc) is 2.84. The molecule has 0 saturated carbocycles. The summed E-state index contributed by atoms with van der Waals surface area (Å²) in [6, 6.07) is 16.3. The molecule has 2 nitrogen and oxygen atoms in total. The summed E-state index contributed by atoms with van der Waals surface area (Å²) in [5.41, 5.74) is 11.6. The lowest BCUT2D eigenvalue weighted by atomic mass is 9.95. The molecule has 0 unspecified atom stereocenters. The number of anilines is 1. The van der Waals surface area contributed by atoms with Crippen LogP contribution in [0.4, 0.5) is 5.69 Å². The van der Waals surface area contributed by atoms with Crippen LogP contribution in [0.3, 0.4) is 0 Å². The van der Waals surface area contributed by atoms with Gasteiger partial charge >= 0.3 is 0 Å². The van der Waals surface area contributed by atoms with E-state index in [0.717, 1.165) is 11.4 Å². The number of nitrogen functional groups attached to an aromatic ring is 1. The normalized spacial score (nSPS) is 16.1. The van der Waals surface area contributed by atoms with E-state index in [9.17, 15) is 0 Å². The maximum Gasteiger partial charge on any atom is 0.118 e. The third kappa shape index (κ3) is 2.77. The number of nitrogens with two attached hydrogens (primary N) is 1. The molecular weight excluding hydrogens is 270 g/mol. The number of rotatable bonds is 3. The zero-order chi connectivity index (χ0) is 15.7. The minimum atomic E-state index is 0.0476. The maximum absolute atomic E-state index is 5.81. The van der Waals surface area contributed by atoms with Gasteiger partial charge in [0.2, 0.25) is 0 Å². The minimum absolute atomic E-state index is 0.0476. The number of ether oxygens (including phenoxy) is 1. The highest BCUT2D eigenvalue weighted by molar-refractivity contribution is 6.07. The summed E-state index contributed by atoms with van der Waals surface area (Å²) >= 11 is 0. The van der Waals surface area contributed by atoms with E-state index in [0.29, 0.717) is 0 Å². The Morgan fingerprint density at radius 1 is 0.773 bits per heavy atom. The Morgan fingerprint density at radius 3 is 1.68 bits per heavy atom. The van der Waals surface area contributed by atoms with E-state index in [1.165, 1.54) is 22.3 Å². The summed E-state index contributed by atoms with van der Waals surface area (Å²) < 4.78 is 5.25. The highest BCUT2D eigenvalue weighted by atomic mass is 16.5. The molecule has 0 bridgehead atoms. The second-order valence-corrected chi connectivity index (χ2v) is 6.29. The molecule has 1 aliphatic rings. The molecule has 0 aromatic heterocycles. The van der Waals surface area contributed by atoms with Crippen molar-refractivity contribution < 1.29 is 4.74 Å². The van der Waals surface area contributed by atoms with Crippen molar-refractivity contribution in [2.24, 2.45) is 5.41 Å². The molecule has 2 aromatic rings. The fourth-order valence-corrected chi connectivity index (χ4v) is 2.85. The molecule has 2 heteroatoms. The van der Waals surface area contributed by atoms with Crippen molar-refractivity contribution in [2.45, 2.75) is 13.8 Å². The van der Waals surface area contributed by atoms with Crippen molar-refractivity contribution in [2.75, 3.05) is 12.8 Å². The largest absolute Gasteiger partial charge is 0.497 e. The minimum Gasteiger partial charge on any atom is -0.497 e. The van der Waals surface area contributed by atoms with Crippen molar-refractivity contribution >= 4 is 16.8 Å². The Bertz CT molecular complexity index is 734. The van der Waals surface area contributed by atoms with Crippen LogP contribution in [0.15, 0.2) is 60.7 Å². The Hall–Kier alpha value is -2.48. The van der Waals surface area contributed by atoms with Crippen LogP contribution in [-0.2, 0) is 0 Å². The van der Waals surface area contributed by atoms with Gasteiger partial charge in [0.15, 0.2) is 0 Å². The first-order valence-electron chi connectivity index (χ1n) is 7.45. The third-order valence-electron chi connectivity index (χ3n) is 3.95. The van der Waals surface area contributed by atoms with E-state index in [-0.39, 0.29) is 5.41 Å². The second-order valence-electron chi connectivity index (χ2n) is 6.29. The Labute approximate surface area is 131 Å². The molecule has 0 saturated heterocycles. The van der Waals surface area contributed by atoms with Gasteiger partial charge in [-0.15, -0.1) is 0 Å². The molecule has 0 spiro atoms. The lowest BCUT2D eigenvalue weighted by Gasteiger charge is -2.10. The van der Waals surface area contributed by atoms with Crippen molar-refractivity contribution in [3.05, 3.63) is 71.8 Å². The van der Waals surface area contributed by atoms with E-state index in [2.05, 4.69) is 50.3 Å². The quantitative estimate of drug-likeness (QED) is 0.826. The van der Waals surface area contributed by atoms with Crippen LogP contribution in [0.1, 0.15) is 25.0 Å². The Morgan fingerprint density at radius 2 is 1.23 bits per heavy atom. The topological polar surface area (TPSA) is 35.2 Å². The van der Waals surface area contributed by atoms with Crippen molar-refractivity contribution in [3.63, 3.8) is 0 Å². The fraction of sp³-hybridized carbons (Fsp3) is 0.200. The van der Waals surface area contributed by atoms with E-state index in [4.69, 9.17) is 10.5 Å². The van der Waals surface area contributed by atoms with Gasteiger partial charge in [0.1, 0.15) is 5.75 Å². The number of hydrogen-bond donors (Lipinski definition) is 1. The standard InChI is InChI=1S/C20H21NO/c1-20(2)12-18(14-4-8-16(21)9-5-14)19(13-20)15-6-10-17(22-3)11-7-15/h4-13H,21H2,1-3H3. The number of hydrogen-bond acceptors (Lipinski definition) is 2. The van der Waals surface area contributed by atoms with Gasteiger partial charge in [-0.05, 0) is 46.5 Å². The van der Waals surface area contributed by atoms with Crippen LogP contribution in [-0.4, -0.2) is 7.11 Å². The van der Waals surface area contributed by atoms with Gasteiger partial charge in [0.05, 0.1) is 7.11 Å². The first kappa shape index (κ1) is 14.5. The van der Waals surface area contributed by atoms with Gasteiger partial charge in [-0.3, -0.25) is 0 Å². The highest BCUT2D eigenvalue weighted by Crippen LogP contribution is 2.43. The molecule has 0 aliphatic heterocycles. The molecule has 3 rings (SSSR count). The molecule has 22 heavy (non-hydrogen) atoms. The van der Waals surface area contributed by atoms with E-state index < -0.39 is 0 Å². The molecule has 0 heterocycles. The van der Waals surface area contributed by atoms with Gasteiger partial charge in [0, 0.05) is 11.1 Å². The molecule has 0 amide bonds. The van der Waals surface area contributed by atoms with Gasteiger partial charge in [-0.25, -0.2) is 0 Å². The van der Waals surface area contributed by atoms with Crippen molar-refractivity contribution in [3.8, 4) is 5.75 Å². The number of benzene rings is 2. The van der Waals surface area contributed by atoms with Crippen LogP contribution in [0, 0.1) is 5.41 Å². The smallest absolute Gasteiger partial charge is 0.118 e. The lowest BCUT2D eigenvalue weighted by molar-refractivity contribution is 0.415. The summed E-state index contributed by atoms with van der Waals surface area (Å²) in [5, 5.41) is 0. The zero-order valence-electron chi connectivity index (χ0n) is 13.3. The average molecular weight is 291 g/mol. The summed E-state index contributed by atoms with van der Waals surface area (Å²) in [6.07, 6.45) is 4.64. The SMILES string of the molecule is COc1ccc(C2=CC(C)(C)C=C2c2ccc(N)cc2)cc1. The van der Waals surface area contributed by atoms with Gasteiger partial charge in [-0.1, -0.05) is 50.3 Å². The summed E-state index contributed by atoms with van der Waals surface area (Å²) in [6.45, 7) is 4.45. The van der Waals surface area contributed by atoms with Gasteiger partial charge in [-0.2, -0.15) is 0 Å². The van der Waals surface area contributed by atoms with Crippen LogP contribution in [0.2, 0.25) is 0 Å². The monoisotopic (exact) mass is 291 g/mol. The molecule has 2 aromatic carbocycles. The van der Waals surface area contributed by atoms with Crippen molar-refractivity contribution in [1.29, 1.82) is 0 Å². The maximum atomic E-state index is 5.81. The first-order chi connectivity index (χ1) is 10.5. The van der Waals surface area contributed by atoms with E-state index >= 15 is 0 Å². The highest BCUT2D eigenvalue weighted by Gasteiger charge is 2.25. The number of allylic oxidation sites excluding steroid dienone is 4. The molecule has 2 N–H and O–H groups in total. The zero-order valence-corrected chi connectivity index (χ0v) is 13.3. The van der Waals surface area contributed by atoms with E-state index in [1.54, 1.807) is 7.11 Å². The Balaban J connectivity index is 2.04. The summed E-state index contributed by atoms with van der Waals surface area (Å²) in [7, 11) is 1.69. The summed E-state index contributed by atoms with van der Waals surface area (Å²) in [4.78, 5) is 0. The second kappa shape index (κ2) is 5.38. The Kier molecular flexibility index (Phi) is 3.53. The number of methoxy groups -OCH3 is 1. The third-order valence-corrected chi connectivity index (χ3v) is 3.95. The van der Waals surface area contributed by atoms with Gasteiger partial charge < -0.3 is 10.5 Å². The molecule has 1 aliphatic carbocycles. The molecular formula is C20H21NO. The fourth-order valence-electron chi connectivity index (χ4n) is 2.85. The van der Waals surface area contributed by atoms with Crippen molar-refractivity contribution in [1.82, 2.24) is 0 Å². The van der Waals surface area contributed by atoms with Crippen LogP contribution >= 0.6 is 0 Å². The molecule has 0 radical (unpaired) electrons. The van der Waals surface area contributed by atoms with Crippen LogP contribution in [0.25, 0.3) is 11.1 Å². The predicted octanol–water partition coefficient (Wildman–Crippen LogP) is 4.78. The van der Waals surface area contributed by atoms with E-state index in [1.807, 2.05) is 24.3 Å². The first-order valence-corrected chi connectivity index (χ1v) is 7.45. The van der Waals surface area contributed by atoms with Gasteiger partial charge in [0.25, 0.3) is 0 Å².